The highest BCUT2D eigenvalue weighted by atomic mass is 28.2. The van der Waals surface area contributed by atoms with Gasteiger partial charge in [-0.2, -0.15) is 0 Å². The zero-order chi connectivity index (χ0) is 19.2. The number of hydrogen-bond donors (Lipinski definition) is 0. The van der Waals surface area contributed by atoms with Crippen molar-refractivity contribution >= 4 is 31.2 Å². The quantitative estimate of drug-likeness (QED) is 0.139. The van der Waals surface area contributed by atoms with Crippen LogP contribution in [0.15, 0.2) is 0 Å². The van der Waals surface area contributed by atoms with Gasteiger partial charge in [0.05, 0.1) is 14.2 Å². The van der Waals surface area contributed by atoms with E-state index in [9.17, 15) is 9.59 Å². The lowest BCUT2D eigenvalue weighted by Crippen LogP contribution is -2.31. The molecule has 0 aromatic rings. The second-order valence-corrected chi connectivity index (χ2v) is 6.84. The van der Waals surface area contributed by atoms with Crippen molar-refractivity contribution in [3.63, 3.8) is 0 Å². The van der Waals surface area contributed by atoms with E-state index in [-0.39, 0.29) is 65.6 Å². The Labute approximate surface area is 185 Å². The summed E-state index contributed by atoms with van der Waals surface area (Å²) in [6.45, 7) is 14.7. The molecule has 0 aliphatic heterocycles. The normalized spacial score (nSPS) is 7.69. The maximum absolute atomic E-state index is 10.9. The summed E-state index contributed by atoms with van der Waals surface area (Å²) >= 11 is 0. The minimum Gasteiger partial charge on any atom is -0.462 e. The zero-order valence-electron chi connectivity index (χ0n) is 15.0. The van der Waals surface area contributed by atoms with Gasteiger partial charge in [-0.05, 0) is 0 Å². The van der Waals surface area contributed by atoms with Gasteiger partial charge < -0.3 is 23.8 Å². The van der Waals surface area contributed by atoms with Crippen molar-refractivity contribution in [1.82, 2.24) is 4.90 Å². The molecule has 0 saturated heterocycles. The molecule has 0 radical (unpaired) electrons. The Kier molecular flexibility index (Phi) is 78.9. The first kappa shape index (κ1) is 50.7. The molecule has 29 heavy (non-hydrogen) atoms. The molecule has 0 aromatic heterocycles. The van der Waals surface area contributed by atoms with Crippen LogP contribution in [0.3, 0.4) is 0 Å². The zero-order valence-corrected chi connectivity index (χ0v) is 17.9. The van der Waals surface area contributed by atoms with Crippen LogP contribution in [0.2, 0.25) is 6.55 Å². The molecule has 0 N–H and O–H groups in total. The maximum Gasteiger partial charge on any atom is 0.386 e. The molecule has 0 aliphatic rings. The summed E-state index contributed by atoms with van der Waals surface area (Å²) in [6.07, 6.45) is 1.25. The number of nitrogens with zero attached hydrogens (tertiary/aromatic N) is 3. The molecular formula is C18H47N3O6Si2. The lowest BCUT2D eigenvalue weighted by molar-refractivity contribution is -0.248. The monoisotopic (exact) mass is 457 g/mol. The van der Waals surface area contributed by atoms with Gasteiger partial charge in [-0.25, -0.2) is 27.7 Å². The molecule has 0 fully saturated rings. The predicted molar refractivity (Wildman–Crippen MR) is 129 cm³/mol. The Balaban J connectivity index is -0.0000000374. The van der Waals surface area contributed by atoms with Crippen molar-refractivity contribution in [2.24, 2.45) is 0 Å². The van der Waals surface area contributed by atoms with E-state index in [1.54, 1.807) is 19.1 Å². The first-order valence-electron chi connectivity index (χ1n) is 7.06. The number of amides is 1. The van der Waals surface area contributed by atoms with Gasteiger partial charge in [0.1, 0.15) is 6.23 Å². The van der Waals surface area contributed by atoms with Crippen LogP contribution in [0.4, 0.5) is 0 Å². The van der Waals surface area contributed by atoms with E-state index < -0.39 is 15.7 Å². The maximum atomic E-state index is 10.9. The van der Waals surface area contributed by atoms with E-state index in [0.29, 0.717) is 6.23 Å². The number of carbonyl (C=O) groups excluding carboxylic acids is 2. The molecule has 1 amide bonds. The van der Waals surface area contributed by atoms with Gasteiger partial charge in [0.15, 0.2) is 0 Å². The largest absolute Gasteiger partial charge is 0.462 e. The van der Waals surface area contributed by atoms with E-state index in [0.717, 1.165) is 6.17 Å². The Hall–Kier alpha value is -1.77. The molecule has 0 heterocycles. The SMILES string of the molecule is C.C.C.C.C.COOC.[C-]#[N+]CC(=O)N(C)C[SiH2]C.[C-]#[N+]CC(=O)OC[SiH2]OC. The van der Waals surface area contributed by atoms with E-state index in [1.165, 1.54) is 14.2 Å². The molecular weight excluding hydrogens is 410 g/mol. The molecule has 0 aromatic carbocycles. The fraction of sp³-hybridized carbons (Fsp3) is 0.778. The van der Waals surface area contributed by atoms with Crippen molar-refractivity contribution in [3.05, 3.63) is 22.8 Å². The topological polar surface area (TPSA) is 83.0 Å². The second kappa shape index (κ2) is 45.2. The Bertz CT molecular complexity index is 400. The van der Waals surface area contributed by atoms with Crippen LogP contribution < -0.4 is 0 Å². The molecule has 0 spiro atoms. The number of rotatable bonds is 8. The van der Waals surface area contributed by atoms with Gasteiger partial charge in [-0.3, -0.25) is 4.79 Å². The van der Waals surface area contributed by atoms with Crippen LogP contribution in [0.5, 0.6) is 0 Å². The highest BCUT2D eigenvalue weighted by Gasteiger charge is 2.08. The Morgan fingerprint density at radius 3 is 1.69 bits per heavy atom. The van der Waals surface area contributed by atoms with Crippen LogP contribution in [0.1, 0.15) is 37.1 Å². The van der Waals surface area contributed by atoms with Crippen LogP contribution in [-0.2, 0) is 28.5 Å². The molecule has 0 rings (SSSR count). The average molecular weight is 458 g/mol. The highest BCUT2D eigenvalue weighted by Crippen LogP contribution is 1.83. The lowest BCUT2D eigenvalue weighted by Gasteiger charge is -2.11. The molecule has 0 unspecified atom stereocenters. The van der Waals surface area contributed by atoms with Gasteiger partial charge in [0, 0.05) is 29.8 Å². The summed E-state index contributed by atoms with van der Waals surface area (Å²) in [5.41, 5.74) is 0. The van der Waals surface area contributed by atoms with Gasteiger partial charge in [-0.15, -0.1) is 0 Å². The third kappa shape index (κ3) is 51.9. The lowest BCUT2D eigenvalue weighted by atomic mass is 10.6. The van der Waals surface area contributed by atoms with Crippen LogP contribution in [-0.4, -0.2) is 89.9 Å². The smallest absolute Gasteiger partial charge is 0.386 e. The highest BCUT2D eigenvalue weighted by molar-refractivity contribution is 6.34. The second-order valence-electron chi connectivity index (χ2n) is 3.99. The van der Waals surface area contributed by atoms with Crippen LogP contribution in [0.25, 0.3) is 9.69 Å². The minimum atomic E-state index is -0.684. The fourth-order valence-electron chi connectivity index (χ4n) is 0.997. The van der Waals surface area contributed by atoms with Crippen molar-refractivity contribution < 1.29 is 28.5 Å². The van der Waals surface area contributed by atoms with E-state index in [1.807, 2.05) is 0 Å². The van der Waals surface area contributed by atoms with Crippen LogP contribution in [0, 0.1) is 13.1 Å². The standard InChI is InChI=1S/C6H12N2OSi.C5H9NO3Si.C2H6O2.5CH4/c1-7-4-6(9)8(2)5-10-3;1-6-3-5(7)9-4-10-8-2;1-3-4-2;;;;;/h4-5,10H2,2-3H3;3-4,10H2,2H3;1-2H3;5*1H4. The van der Waals surface area contributed by atoms with E-state index in [2.05, 4.69) is 30.7 Å². The third-order valence-electron chi connectivity index (χ3n) is 2.12. The average Bonchev–Trinajstić information content (AvgIpc) is 2.56. The van der Waals surface area contributed by atoms with Crippen molar-refractivity contribution in [2.45, 2.75) is 43.7 Å². The molecule has 178 valence electrons. The summed E-state index contributed by atoms with van der Waals surface area (Å²) in [7, 11) is 5.47. The number of esters is 1. The molecule has 0 atom stereocenters. The predicted octanol–water partition coefficient (Wildman–Crippen LogP) is 2.05. The summed E-state index contributed by atoms with van der Waals surface area (Å²) in [5, 5.41) is 0. The van der Waals surface area contributed by atoms with Crippen LogP contribution >= 0.6 is 0 Å². The number of ether oxygens (including phenoxy) is 1. The van der Waals surface area contributed by atoms with Gasteiger partial charge in [0.2, 0.25) is 9.76 Å². The number of carbonyl (C=O) groups is 2. The van der Waals surface area contributed by atoms with Gasteiger partial charge in [-0.1, -0.05) is 43.7 Å². The van der Waals surface area contributed by atoms with E-state index in [4.69, 9.17) is 17.6 Å². The first-order valence-corrected chi connectivity index (χ1v) is 11.1. The molecule has 9 nitrogen and oxygen atoms in total. The summed E-state index contributed by atoms with van der Waals surface area (Å²) in [5.74, 6) is -0.510. The number of likely N-dealkylation sites (N-methyl/N-ethyl adjacent to an activating group) is 1. The third-order valence-corrected chi connectivity index (χ3v) is 4.02. The summed E-state index contributed by atoms with van der Waals surface area (Å²) in [6, 6.07) is 0. The van der Waals surface area contributed by atoms with Crippen molar-refractivity contribution in [3.8, 4) is 0 Å². The summed E-state index contributed by atoms with van der Waals surface area (Å²) in [4.78, 5) is 36.9. The molecule has 0 saturated carbocycles. The van der Waals surface area contributed by atoms with Crippen molar-refractivity contribution in [1.29, 1.82) is 0 Å². The number of hydrogen-bond acceptors (Lipinski definition) is 6. The fourth-order valence-corrected chi connectivity index (χ4v) is 2.40. The Morgan fingerprint density at radius 1 is 0.931 bits per heavy atom. The first-order chi connectivity index (χ1) is 11.4. The summed E-state index contributed by atoms with van der Waals surface area (Å²) < 4.78 is 9.36. The molecule has 11 heteroatoms. The van der Waals surface area contributed by atoms with Crippen molar-refractivity contribution in [2.75, 3.05) is 53.9 Å². The minimum absolute atomic E-state index is 0. The Morgan fingerprint density at radius 2 is 1.38 bits per heavy atom. The van der Waals surface area contributed by atoms with Gasteiger partial charge >= 0.3 is 18.4 Å². The van der Waals surface area contributed by atoms with E-state index >= 15 is 0 Å². The molecule has 0 bridgehead atoms. The molecule has 0 aliphatic carbocycles. The van der Waals surface area contributed by atoms with Gasteiger partial charge in [0.25, 0.3) is 6.54 Å².